The van der Waals surface area contributed by atoms with Gasteiger partial charge in [0.15, 0.2) is 5.11 Å². The first-order valence-electron chi connectivity index (χ1n) is 7.35. The molecule has 0 aliphatic carbocycles. The number of thiocarbonyl (C=S) groups is 1. The number of hydrogen-bond acceptors (Lipinski definition) is 1. The number of piperidine rings is 1. The van der Waals surface area contributed by atoms with Gasteiger partial charge in [0.1, 0.15) is 0 Å². The Kier molecular flexibility index (Phi) is 5.44. The van der Waals surface area contributed by atoms with E-state index in [9.17, 15) is 0 Å². The van der Waals surface area contributed by atoms with Gasteiger partial charge < -0.3 is 10.2 Å². The molecule has 1 fully saturated rings. The van der Waals surface area contributed by atoms with E-state index in [1.165, 1.54) is 24.8 Å². The second-order valence-electron chi connectivity index (χ2n) is 5.74. The fourth-order valence-corrected chi connectivity index (χ4v) is 3.59. The number of benzene rings is 1. The van der Waals surface area contributed by atoms with E-state index in [0.717, 1.165) is 27.7 Å². The molecule has 1 aromatic carbocycles. The second kappa shape index (κ2) is 6.90. The van der Waals surface area contributed by atoms with Crippen molar-refractivity contribution in [1.29, 1.82) is 0 Å². The van der Waals surface area contributed by atoms with E-state index in [-0.39, 0.29) is 0 Å². The SMILES string of the molecule is CCC1CCC(C)N(C(=S)Nc2ccc(Br)cc2C)C1. The minimum Gasteiger partial charge on any atom is -0.346 e. The molecule has 1 heterocycles. The van der Waals surface area contributed by atoms with E-state index in [0.29, 0.717) is 6.04 Å². The number of rotatable bonds is 2. The topological polar surface area (TPSA) is 15.3 Å². The Balaban J connectivity index is 2.06. The van der Waals surface area contributed by atoms with Gasteiger partial charge in [-0.05, 0) is 68.6 Å². The Hall–Kier alpha value is -0.610. The van der Waals surface area contributed by atoms with E-state index in [2.05, 4.69) is 59.1 Å². The lowest BCUT2D eigenvalue weighted by Gasteiger charge is -2.39. The molecule has 1 aliphatic rings. The summed E-state index contributed by atoms with van der Waals surface area (Å²) in [6, 6.07) is 6.78. The van der Waals surface area contributed by atoms with Crippen molar-refractivity contribution < 1.29 is 0 Å². The van der Waals surface area contributed by atoms with Crippen LogP contribution in [0.2, 0.25) is 0 Å². The molecular weight excluding hydrogens is 332 g/mol. The molecule has 1 N–H and O–H groups in total. The molecule has 2 nitrogen and oxygen atoms in total. The van der Waals surface area contributed by atoms with Crippen molar-refractivity contribution in [2.75, 3.05) is 11.9 Å². The van der Waals surface area contributed by atoms with Gasteiger partial charge >= 0.3 is 0 Å². The van der Waals surface area contributed by atoms with Crippen molar-refractivity contribution in [2.24, 2.45) is 5.92 Å². The average Bonchev–Trinajstić information content (AvgIpc) is 2.42. The third-order valence-corrected chi connectivity index (χ3v) is 5.08. The van der Waals surface area contributed by atoms with E-state index >= 15 is 0 Å². The van der Waals surface area contributed by atoms with Gasteiger partial charge in [0.2, 0.25) is 0 Å². The van der Waals surface area contributed by atoms with E-state index in [1.54, 1.807) is 0 Å². The molecule has 2 rings (SSSR count). The van der Waals surface area contributed by atoms with E-state index in [4.69, 9.17) is 12.2 Å². The van der Waals surface area contributed by atoms with E-state index in [1.807, 2.05) is 6.07 Å². The van der Waals surface area contributed by atoms with Crippen molar-refractivity contribution >= 4 is 38.9 Å². The van der Waals surface area contributed by atoms with Crippen LogP contribution in [-0.4, -0.2) is 22.6 Å². The van der Waals surface area contributed by atoms with Gasteiger partial charge in [0.05, 0.1) is 0 Å². The normalized spacial score (nSPS) is 22.7. The van der Waals surface area contributed by atoms with Crippen LogP contribution in [0.3, 0.4) is 0 Å². The maximum atomic E-state index is 5.63. The Bertz CT molecular complexity index is 489. The van der Waals surface area contributed by atoms with Crippen LogP contribution in [0.5, 0.6) is 0 Å². The summed E-state index contributed by atoms with van der Waals surface area (Å²) >= 11 is 9.12. The third kappa shape index (κ3) is 3.73. The first-order chi connectivity index (χ1) is 9.51. The van der Waals surface area contributed by atoms with Gasteiger partial charge in [-0.25, -0.2) is 0 Å². The number of halogens is 1. The van der Waals surface area contributed by atoms with Crippen LogP contribution in [0.4, 0.5) is 5.69 Å². The Morgan fingerprint density at radius 2 is 2.20 bits per heavy atom. The van der Waals surface area contributed by atoms with Crippen molar-refractivity contribution in [1.82, 2.24) is 4.90 Å². The van der Waals surface area contributed by atoms with Crippen molar-refractivity contribution in [3.8, 4) is 0 Å². The molecule has 0 amide bonds. The molecule has 0 radical (unpaired) electrons. The molecule has 0 spiro atoms. The van der Waals surface area contributed by atoms with Crippen molar-refractivity contribution in [3.05, 3.63) is 28.2 Å². The molecule has 1 saturated heterocycles. The predicted octanol–water partition coefficient (Wildman–Crippen LogP) is 4.96. The lowest BCUT2D eigenvalue weighted by Crippen LogP contribution is -2.47. The van der Waals surface area contributed by atoms with Gasteiger partial charge in [-0.3, -0.25) is 0 Å². The maximum Gasteiger partial charge on any atom is 0.173 e. The minimum atomic E-state index is 0.536. The Labute approximate surface area is 136 Å². The van der Waals surface area contributed by atoms with Crippen LogP contribution in [0, 0.1) is 12.8 Å². The summed E-state index contributed by atoms with van der Waals surface area (Å²) in [6.07, 6.45) is 3.80. The minimum absolute atomic E-state index is 0.536. The van der Waals surface area contributed by atoms with Crippen LogP contribution >= 0.6 is 28.1 Å². The predicted molar refractivity (Wildman–Crippen MR) is 94.3 cm³/mol. The quantitative estimate of drug-likeness (QED) is 0.755. The third-order valence-electron chi connectivity index (χ3n) is 4.25. The highest BCUT2D eigenvalue weighted by Gasteiger charge is 2.26. The lowest BCUT2D eigenvalue weighted by atomic mass is 9.92. The monoisotopic (exact) mass is 354 g/mol. The van der Waals surface area contributed by atoms with Crippen LogP contribution in [0.25, 0.3) is 0 Å². The summed E-state index contributed by atoms with van der Waals surface area (Å²) in [5.74, 6) is 0.775. The fourth-order valence-electron chi connectivity index (χ4n) is 2.75. The van der Waals surface area contributed by atoms with Gasteiger partial charge in [0, 0.05) is 22.7 Å². The molecule has 2 atom stereocenters. The van der Waals surface area contributed by atoms with Crippen LogP contribution < -0.4 is 5.32 Å². The molecule has 0 saturated carbocycles. The molecule has 1 aliphatic heterocycles. The fraction of sp³-hybridized carbons (Fsp3) is 0.562. The second-order valence-corrected chi connectivity index (χ2v) is 7.04. The molecule has 2 unspecified atom stereocenters. The summed E-state index contributed by atoms with van der Waals surface area (Å²) in [5.41, 5.74) is 2.31. The van der Waals surface area contributed by atoms with Gasteiger partial charge in [0.25, 0.3) is 0 Å². The van der Waals surface area contributed by atoms with Gasteiger partial charge in [-0.2, -0.15) is 0 Å². The molecule has 4 heteroatoms. The molecular formula is C16H23BrN2S. The van der Waals surface area contributed by atoms with Crippen molar-refractivity contribution in [2.45, 2.75) is 46.1 Å². The maximum absolute atomic E-state index is 5.63. The standard InChI is InChI=1S/C16H23BrN2S/c1-4-13-6-5-12(3)19(10-13)16(20)18-15-8-7-14(17)9-11(15)2/h7-9,12-13H,4-6,10H2,1-3H3,(H,18,20). The first kappa shape index (κ1) is 15.8. The van der Waals surface area contributed by atoms with Crippen LogP contribution in [0.1, 0.15) is 38.7 Å². The summed E-state index contributed by atoms with van der Waals surface area (Å²) in [7, 11) is 0. The molecule has 110 valence electrons. The van der Waals surface area contributed by atoms with Gasteiger partial charge in [-0.15, -0.1) is 0 Å². The average molecular weight is 355 g/mol. The Morgan fingerprint density at radius 3 is 2.85 bits per heavy atom. The number of nitrogens with zero attached hydrogens (tertiary/aromatic N) is 1. The molecule has 0 bridgehead atoms. The number of anilines is 1. The number of likely N-dealkylation sites (tertiary alicyclic amines) is 1. The summed E-state index contributed by atoms with van der Waals surface area (Å²) in [6.45, 7) is 7.73. The Morgan fingerprint density at radius 1 is 1.45 bits per heavy atom. The highest BCUT2D eigenvalue weighted by molar-refractivity contribution is 9.10. The molecule has 0 aromatic heterocycles. The largest absolute Gasteiger partial charge is 0.346 e. The summed E-state index contributed by atoms with van der Waals surface area (Å²) in [4.78, 5) is 2.36. The summed E-state index contributed by atoms with van der Waals surface area (Å²) < 4.78 is 1.10. The van der Waals surface area contributed by atoms with E-state index < -0.39 is 0 Å². The van der Waals surface area contributed by atoms with Crippen LogP contribution in [0.15, 0.2) is 22.7 Å². The highest BCUT2D eigenvalue weighted by Crippen LogP contribution is 2.26. The van der Waals surface area contributed by atoms with Crippen molar-refractivity contribution in [3.63, 3.8) is 0 Å². The van der Waals surface area contributed by atoms with Gasteiger partial charge in [-0.1, -0.05) is 29.3 Å². The zero-order chi connectivity index (χ0) is 14.7. The smallest absolute Gasteiger partial charge is 0.173 e. The molecule has 1 aromatic rings. The summed E-state index contributed by atoms with van der Waals surface area (Å²) in [5, 5.41) is 4.28. The zero-order valence-electron chi connectivity index (χ0n) is 12.4. The zero-order valence-corrected chi connectivity index (χ0v) is 14.9. The number of aryl methyl sites for hydroxylation is 1. The number of nitrogens with one attached hydrogen (secondary N) is 1. The first-order valence-corrected chi connectivity index (χ1v) is 8.55. The highest BCUT2D eigenvalue weighted by atomic mass is 79.9. The lowest BCUT2D eigenvalue weighted by molar-refractivity contribution is 0.196. The number of hydrogen-bond donors (Lipinski definition) is 1. The van der Waals surface area contributed by atoms with Crippen LogP contribution in [-0.2, 0) is 0 Å². The molecule has 20 heavy (non-hydrogen) atoms.